The lowest BCUT2D eigenvalue weighted by Crippen LogP contribution is -2.39. The minimum absolute atomic E-state index is 0.0466. The van der Waals surface area contributed by atoms with Gasteiger partial charge in [-0.2, -0.15) is 5.10 Å². The van der Waals surface area contributed by atoms with Crippen LogP contribution < -0.4 is 15.6 Å². The summed E-state index contributed by atoms with van der Waals surface area (Å²) in [7, 11) is 1.51. The van der Waals surface area contributed by atoms with Gasteiger partial charge in [0.05, 0.1) is 43.6 Å². The van der Waals surface area contributed by atoms with Crippen LogP contribution in [0.1, 0.15) is 45.8 Å². The molecule has 1 aliphatic heterocycles. The second kappa shape index (κ2) is 10.2. The number of fused-ring (bicyclic) bond motifs is 1. The zero-order chi connectivity index (χ0) is 26.1. The first-order valence-electron chi connectivity index (χ1n) is 12.4. The minimum Gasteiger partial charge on any atom is -0.496 e. The number of morpholine rings is 1. The third-order valence-corrected chi connectivity index (χ3v) is 7.15. The first kappa shape index (κ1) is 24.8. The molecule has 0 spiro atoms. The normalized spacial score (nSPS) is 15.1. The second-order valence-electron chi connectivity index (χ2n) is 9.36. The Balaban J connectivity index is 1.57. The molecular formula is C27H32N6O4. The molecule has 1 saturated heterocycles. The van der Waals surface area contributed by atoms with Gasteiger partial charge in [-0.3, -0.25) is 19.6 Å². The Kier molecular flexibility index (Phi) is 6.86. The molecule has 4 aromatic heterocycles. The van der Waals surface area contributed by atoms with Crippen LogP contribution in [0.15, 0.2) is 41.5 Å². The number of amides is 1. The molecule has 10 heteroatoms. The van der Waals surface area contributed by atoms with Crippen LogP contribution in [-0.2, 0) is 11.3 Å². The number of nitrogens with zero attached hydrogens (tertiary/aromatic N) is 3. The number of nitrogens with one attached hydrogen (secondary N) is 3. The summed E-state index contributed by atoms with van der Waals surface area (Å²) in [4.78, 5) is 31.3. The number of methoxy groups -OCH3 is 1. The molecule has 0 bridgehead atoms. The number of hydrogen-bond donors (Lipinski definition) is 3. The molecular weight excluding hydrogens is 472 g/mol. The maximum atomic E-state index is 13.6. The number of aromatic nitrogens is 4. The Morgan fingerprint density at radius 3 is 2.73 bits per heavy atom. The van der Waals surface area contributed by atoms with Crippen LogP contribution in [0.5, 0.6) is 5.75 Å². The zero-order valence-corrected chi connectivity index (χ0v) is 21.6. The second-order valence-corrected chi connectivity index (χ2v) is 9.36. The van der Waals surface area contributed by atoms with E-state index in [0.717, 1.165) is 41.1 Å². The largest absolute Gasteiger partial charge is 0.496 e. The van der Waals surface area contributed by atoms with Crippen molar-refractivity contribution in [2.24, 2.45) is 0 Å². The molecule has 1 aliphatic rings. The number of ether oxygens (including phenoxy) is 2. The quantitative estimate of drug-likeness (QED) is 0.356. The Labute approximate surface area is 214 Å². The molecule has 194 valence electrons. The van der Waals surface area contributed by atoms with Crippen molar-refractivity contribution < 1.29 is 14.3 Å². The zero-order valence-electron chi connectivity index (χ0n) is 21.6. The summed E-state index contributed by atoms with van der Waals surface area (Å²) in [6, 6.07) is 7.67. The van der Waals surface area contributed by atoms with Gasteiger partial charge >= 0.3 is 0 Å². The summed E-state index contributed by atoms with van der Waals surface area (Å²) in [5.41, 5.74) is 6.02. The lowest BCUT2D eigenvalue weighted by molar-refractivity contribution is 0.0187. The SMILES string of the molecule is COc1cc(C)[nH]c(=O)c1CNC(=O)c1cc2c(-c3ccn[nH]3)ccn2c(C(C)N2CCOCC2)c1C. The number of carbonyl (C=O) groups excluding carboxylic acids is 1. The molecule has 5 heterocycles. The number of H-pyrrole nitrogens is 2. The van der Waals surface area contributed by atoms with E-state index in [-0.39, 0.29) is 24.1 Å². The highest BCUT2D eigenvalue weighted by Crippen LogP contribution is 2.33. The average molecular weight is 505 g/mol. The van der Waals surface area contributed by atoms with Gasteiger partial charge in [-0.15, -0.1) is 0 Å². The molecule has 10 nitrogen and oxygen atoms in total. The summed E-state index contributed by atoms with van der Waals surface area (Å²) < 4.78 is 13.1. The fraction of sp³-hybridized carbons (Fsp3) is 0.370. The summed E-state index contributed by atoms with van der Waals surface area (Å²) in [6.45, 7) is 9.00. The highest BCUT2D eigenvalue weighted by molar-refractivity contribution is 5.98. The topological polar surface area (TPSA) is 117 Å². The Bertz CT molecular complexity index is 1480. The number of aromatic amines is 2. The van der Waals surface area contributed by atoms with Crippen LogP contribution in [0, 0.1) is 13.8 Å². The highest BCUT2D eigenvalue weighted by atomic mass is 16.5. The van der Waals surface area contributed by atoms with Gasteiger partial charge in [-0.05, 0) is 50.6 Å². The van der Waals surface area contributed by atoms with Gasteiger partial charge in [0.25, 0.3) is 11.5 Å². The first-order chi connectivity index (χ1) is 17.9. The van der Waals surface area contributed by atoms with Crippen molar-refractivity contribution in [2.75, 3.05) is 33.4 Å². The molecule has 1 amide bonds. The Hall–Kier alpha value is -3.89. The molecule has 5 rings (SSSR count). The Morgan fingerprint density at radius 1 is 1.24 bits per heavy atom. The van der Waals surface area contributed by atoms with Crippen LogP contribution in [0.2, 0.25) is 0 Å². The maximum Gasteiger partial charge on any atom is 0.256 e. The molecule has 0 saturated carbocycles. The van der Waals surface area contributed by atoms with Crippen LogP contribution in [0.3, 0.4) is 0 Å². The van der Waals surface area contributed by atoms with E-state index in [2.05, 4.69) is 36.7 Å². The van der Waals surface area contributed by atoms with Crippen molar-refractivity contribution >= 4 is 11.4 Å². The maximum absolute atomic E-state index is 13.6. The molecule has 0 radical (unpaired) electrons. The van der Waals surface area contributed by atoms with Gasteiger partial charge in [0.15, 0.2) is 0 Å². The third-order valence-electron chi connectivity index (χ3n) is 7.15. The minimum atomic E-state index is -0.279. The van der Waals surface area contributed by atoms with E-state index < -0.39 is 0 Å². The number of rotatable bonds is 7. The lowest BCUT2D eigenvalue weighted by Gasteiger charge is -2.34. The van der Waals surface area contributed by atoms with E-state index >= 15 is 0 Å². The summed E-state index contributed by atoms with van der Waals surface area (Å²) in [6.07, 6.45) is 3.76. The smallest absolute Gasteiger partial charge is 0.256 e. The van der Waals surface area contributed by atoms with Gasteiger partial charge in [-0.25, -0.2) is 0 Å². The summed E-state index contributed by atoms with van der Waals surface area (Å²) in [5.74, 6) is 0.192. The van der Waals surface area contributed by atoms with E-state index in [9.17, 15) is 9.59 Å². The predicted molar refractivity (Wildman–Crippen MR) is 140 cm³/mol. The van der Waals surface area contributed by atoms with E-state index in [1.54, 1.807) is 19.2 Å². The van der Waals surface area contributed by atoms with Gasteiger partial charge in [0, 0.05) is 54.0 Å². The van der Waals surface area contributed by atoms with E-state index in [1.165, 1.54) is 7.11 Å². The summed E-state index contributed by atoms with van der Waals surface area (Å²) in [5, 5.41) is 10.1. The molecule has 1 atom stereocenters. The van der Waals surface area contributed by atoms with Crippen molar-refractivity contribution in [1.29, 1.82) is 0 Å². The van der Waals surface area contributed by atoms with Gasteiger partial charge in [-0.1, -0.05) is 0 Å². The molecule has 0 aliphatic carbocycles. The standard InChI is InChI=1S/C27H32N6O4/c1-16-13-24(36-4)21(27(35)30-16)15-28-26(34)20-14-23-19(22-5-7-29-31-22)6-8-33(23)25(17(20)2)18(3)32-9-11-37-12-10-32/h5-8,13-14,18H,9-12,15H2,1-4H3,(H,28,34)(H,29,31)(H,30,35). The molecule has 4 aromatic rings. The van der Waals surface area contributed by atoms with E-state index in [4.69, 9.17) is 9.47 Å². The third kappa shape index (κ3) is 4.65. The number of hydrogen-bond acceptors (Lipinski definition) is 6. The fourth-order valence-electron chi connectivity index (χ4n) is 5.19. The molecule has 1 fully saturated rings. The van der Waals surface area contributed by atoms with Crippen molar-refractivity contribution in [3.05, 3.63) is 75.1 Å². The molecule has 1 unspecified atom stereocenters. The van der Waals surface area contributed by atoms with Gasteiger partial charge in [0.1, 0.15) is 5.75 Å². The molecule has 0 aromatic carbocycles. The monoisotopic (exact) mass is 504 g/mol. The van der Waals surface area contributed by atoms with E-state index in [0.29, 0.717) is 35.8 Å². The van der Waals surface area contributed by atoms with Crippen LogP contribution in [0.4, 0.5) is 0 Å². The molecule has 37 heavy (non-hydrogen) atoms. The van der Waals surface area contributed by atoms with Crippen molar-refractivity contribution in [3.8, 4) is 17.0 Å². The van der Waals surface area contributed by atoms with Crippen molar-refractivity contribution in [1.82, 2.24) is 29.8 Å². The number of carbonyl (C=O) groups is 1. The number of aryl methyl sites for hydroxylation is 1. The van der Waals surface area contributed by atoms with Gasteiger partial charge in [0.2, 0.25) is 0 Å². The van der Waals surface area contributed by atoms with Crippen LogP contribution >= 0.6 is 0 Å². The predicted octanol–water partition coefficient (Wildman–Crippen LogP) is 2.97. The summed E-state index contributed by atoms with van der Waals surface area (Å²) >= 11 is 0. The average Bonchev–Trinajstić information content (AvgIpc) is 3.57. The van der Waals surface area contributed by atoms with Gasteiger partial charge < -0.3 is 24.2 Å². The van der Waals surface area contributed by atoms with E-state index in [1.807, 2.05) is 31.3 Å². The molecule has 3 N–H and O–H groups in total. The van der Waals surface area contributed by atoms with Crippen LogP contribution in [-0.4, -0.2) is 63.8 Å². The highest BCUT2D eigenvalue weighted by Gasteiger charge is 2.26. The number of pyridine rings is 2. The fourth-order valence-corrected chi connectivity index (χ4v) is 5.19. The first-order valence-corrected chi connectivity index (χ1v) is 12.4. The lowest BCUT2D eigenvalue weighted by atomic mass is 9.99. The van der Waals surface area contributed by atoms with Crippen LogP contribution in [0.25, 0.3) is 16.8 Å². The van der Waals surface area contributed by atoms with Crippen molar-refractivity contribution in [3.63, 3.8) is 0 Å². The Morgan fingerprint density at radius 2 is 2.03 bits per heavy atom. The van der Waals surface area contributed by atoms with Crippen molar-refractivity contribution in [2.45, 2.75) is 33.4 Å².